The van der Waals surface area contributed by atoms with Crippen LogP contribution in [0.3, 0.4) is 0 Å². The number of nitrogens with one attached hydrogen (secondary N) is 1. The van der Waals surface area contributed by atoms with Crippen molar-refractivity contribution in [1.29, 1.82) is 0 Å². The molecule has 1 unspecified atom stereocenters. The van der Waals surface area contributed by atoms with E-state index in [0.29, 0.717) is 12.0 Å². The summed E-state index contributed by atoms with van der Waals surface area (Å²) < 4.78 is 5.44. The zero-order valence-corrected chi connectivity index (χ0v) is 14.0. The minimum atomic E-state index is -0.0478. The summed E-state index contributed by atoms with van der Waals surface area (Å²) in [5.41, 5.74) is 2.73. The van der Waals surface area contributed by atoms with Crippen molar-refractivity contribution < 1.29 is 4.74 Å². The van der Waals surface area contributed by atoms with E-state index >= 15 is 0 Å². The molecule has 0 fully saturated rings. The summed E-state index contributed by atoms with van der Waals surface area (Å²) in [5.74, 6) is 0.715. The summed E-state index contributed by atoms with van der Waals surface area (Å²) in [7, 11) is 1.77. The number of methoxy groups -OCH3 is 1. The lowest BCUT2D eigenvalue weighted by Gasteiger charge is -2.24. The van der Waals surface area contributed by atoms with E-state index in [-0.39, 0.29) is 5.60 Å². The Morgan fingerprint density at radius 2 is 1.70 bits per heavy atom. The van der Waals surface area contributed by atoms with Crippen LogP contribution >= 0.6 is 0 Å². The minimum absolute atomic E-state index is 0.0478. The summed E-state index contributed by atoms with van der Waals surface area (Å²) in [6, 6.07) is 9.39. The number of hydrogen-bond donors (Lipinski definition) is 1. The van der Waals surface area contributed by atoms with Gasteiger partial charge in [0, 0.05) is 13.2 Å². The van der Waals surface area contributed by atoms with Gasteiger partial charge in [0.15, 0.2) is 0 Å². The third-order valence-corrected chi connectivity index (χ3v) is 3.85. The second-order valence-corrected chi connectivity index (χ2v) is 6.73. The summed E-state index contributed by atoms with van der Waals surface area (Å²) in [4.78, 5) is 0. The van der Waals surface area contributed by atoms with Crippen LogP contribution < -0.4 is 5.32 Å². The van der Waals surface area contributed by atoms with Crippen molar-refractivity contribution in [2.24, 2.45) is 5.92 Å². The van der Waals surface area contributed by atoms with E-state index in [9.17, 15) is 0 Å². The maximum absolute atomic E-state index is 5.44. The first kappa shape index (κ1) is 17.2. The van der Waals surface area contributed by atoms with E-state index in [1.165, 1.54) is 11.1 Å². The van der Waals surface area contributed by atoms with E-state index in [0.717, 1.165) is 19.4 Å². The first-order chi connectivity index (χ1) is 9.34. The van der Waals surface area contributed by atoms with Gasteiger partial charge < -0.3 is 10.1 Å². The molecular formula is C18H31NO. The Balaban J connectivity index is 2.45. The van der Waals surface area contributed by atoms with Crippen LogP contribution in [0.4, 0.5) is 0 Å². The summed E-state index contributed by atoms with van der Waals surface area (Å²) >= 11 is 0. The molecule has 0 aromatic heterocycles. The van der Waals surface area contributed by atoms with Gasteiger partial charge in [-0.15, -0.1) is 0 Å². The standard InChI is InChI=1S/C18H31NO/c1-14(2)13-16-7-9-17(10-8-16)15(3)19-12-11-18(4,5)20-6/h7-10,14-15,19H,11-13H2,1-6H3. The van der Waals surface area contributed by atoms with Gasteiger partial charge in [-0.2, -0.15) is 0 Å². The molecule has 1 N–H and O–H groups in total. The van der Waals surface area contributed by atoms with Gasteiger partial charge in [0.1, 0.15) is 0 Å². The molecule has 0 spiro atoms. The Labute approximate surface area is 124 Å². The number of ether oxygens (including phenoxy) is 1. The first-order valence-corrected chi connectivity index (χ1v) is 7.71. The topological polar surface area (TPSA) is 21.3 Å². The monoisotopic (exact) mass is 277 g/mol. The highest BCUT2D eigenvalue weighted by Gasteiger charge is 2.16. The molecule has 2 nitrogen and oxygen atoms in total. The zero-order chi connectivity index (χ0) is 15.2. The van der Waals surface area contributed by atoms with Crippen LogP contribution in [0.25, 0.3) is 0 Å². The third kappa shape index (κ3) is 6.06. The molecule has 1 aromatic rings. The Hall–Kier alpha value is -0.860. The molecule has 0 aliphatic rings. The predicted octanol–water partition coefficient (Wildman–Crippen LogP) is 4.35. The van der Waals surface area contributed by atoms with E-state index in [1.807, 2.05) is 0 Å². The molecule has 114 valence electrons. The molecule has 1 aromatic carbocycles. The van der Waals surface area contributed by atoms with Gasteiger partial charge in [0.05, 0.1) is 5.60 Å². The number of hydrogen-bond acceptors (Lipinski definition) is 2. The van der Waals surface area contributed by atoms with Gasteiger partial charge in [-0.1, -0.05) is 38.1 Å². The van der Waals surface area contributed by atoms with Gasteiger partial charge in [-0.05, 0) is 57.2 Å². The fraction of sp³-hybridized carbons (Fsp3) is 0.667. The van der Waals surface area contributed by atoms with Crippen molar-refractivity contribution in [1.82, 2.24) is 5.32 Å². The molecule has 20 heavy (non-hydrogen) atoms. The highest BCUT2D eigenvalue weighted by atomic mass is 16.5. The van der Waals surface area contributed by atoms with Crippen molar-refractivity contribution in [2.75, 3.05) is 13.7 Å². The van der Waals surface area contributed by atoms with Gasteiger partial charge in [-0.25, -0.2) is 0 Å². The maximum atomic E-state index is 5.44. The molecule has 0 saturated carbocycles. The average Bonchev–Trinajstić information content (AvgIpc) is 2.38. The fourth-order valence-corrected chi connectivity index (χ4v) is 2.22. The van der Waals surface area contributed by atoms with Crippen LogP contribution in [0.1, 0.15) is 58.2 Å². The molecule has 0 aliphatic carbocycles. The van der Waals surface area contributed by atoms with E-state index in [1.54, 1.807) is 7.11 Å². The highest BCUT2D eigenvalue weighted by molar-refractivity contribution is 5.25. The van der Waals surface area contributed by atoms with Crippen LogP contribution in [0.15, 0.2) is 24.3 Å². The van der Waals surface area contributed by atoms with E-state index in [4.69, 9.17) is 4.74 Å². The van der Waals surface area contributed by atoms with Crippen LogP contribution in [0, 0.1) is 5.92 Å². The molecule has 0 amide bonds. The van der Waals surface area contributed by atoms with Gasteiger partial charge >= 0.3 is 0 Å². The van der Waals surface area contributed by atoms with Crippen molar-refractivity contribution >= 4 is 0 Å². The third-order valence-electron chi connectivity index (χ3n) is 3.85. The molecule has 0 heterocycles. The highest BCUT2D eigenvalue weighted by Crippen LogP contribution is 2.17. The van der Waals surface area contributed by atoms with Gasteiger partial charge in [0.25, 0.3) is 0 Å². The number of benzene rings is 1. The number of rotatable bonds is 8. The van der Waals surface area contributed by atoms with Crippen LogP contribution in [-0.2, 0) is 11.2 Å². The van der Waals surface area contributed by atoms with Crippen LogP contribution in [0.2, 0.25) is 0 Å². The maximum Gasteiger partial charge on any atom is 0.0634 e. The second-order valence-electron chi connectivity index (χ2n) is 6.73. The molecule has 0 saturated heterocycles. The molecule has 2 heteroatoms. The first-order valence-electron chi connectivity index (χ1n) is 7.71. The van der Waals surface area contributed by atoms with Crippen LogP contribution in [-0.4, -0.2) is 19.3 Å². The van der Waals surface area contributed by atoms with E-state index < -0.39 is 0 Å². The van der Waals surface area contributed by atoms with Crippen molar-refractivity contribution in [3.8, 4) is 0 Å². The molecule has 1 atom stereocenters. The van der Waals surface area contributed by atoms with Crippen LogP contribution in [0.5, 0.6) is 0 Å². The summed E-state index contributed by atoms with van der Waals surface area (Å²) in [6.07, 6.45) is 2.17. The molecule has 0 aliphatic heterocycles. The Morgan fingerprint density at radius 1 is 1.10 bits per heavy atom. The zero-order valence-electron chi connectivity index (χ0n) is 14.0. The lowest BCUT2D eigenvalue weighted by molar-refractivity contribution is 0.0154. The van der Waals surface area contributed by atoms with Gasteiger partial charge in [0.2, 0.25) is 0 Å². The Kier molecular flexibility index (Phi) is 6.70. The molecular weight excluding hydrogens is 246 g/mol. The summed E-state index contributed by atoms with van der Waals surface area (Å²) in [5, 5.41) is 3.57. The average molecular weight is 277 g/mol. The SMILES string of the molecule is COC(C)(C)CCNC(C)c1ccc(CC(C)C)cc1. The smallest absolute Gasteiger partial charge is 0.0634 e. The Morgan fingerprint density at radius 3 is 2.20 bits per heavy atom. The second kappa shape index (κ2) is 7.80. The van der Waals surface area contributed by atoms with Crippen molar-refractivity contribution in [3.63, 3.8) is 0 Å². The molecule has 0 radical (unpaired) electrons. The minimum Gasteiger partial charge on any atom is -0.379 e. The van der Waals surface area contributed by atoms with Crippen molar-refractivity contribution in [2.45, 2.75) is 59.1 Å². The largest absolute Gasteiger partial charge is 0.379 e. The quantitative estimate of drug-likeness (QED) is 0.762. The lowest BCUT2D eigenvalue weighted by Crippen LogP contribution is -2.30. The molecule has 0 bridgehead atoms. The lowest BCUT2D eigenvalue weighted by atomic mass is 9.99. The predicted molar refractivity (Wildman–Crippen MR) is 87.1 cm³/mol. The van der Waals surface area contributed by atoms with Crippen molar-refractivity contribution in [3.05, 3.63) is 35.4 Å². The van der Waals surface area contributed by atoms with Gasteiger partial charge in [-0.3, -0.25) is 0 Å². The fourth-order valence-electron chi connectivity index (χ4n) is 2.22. The molecule has 1 rings (SSSR count). The Bertz CT molecular complexity index is 381. The van der Waals surface area contributed by atoms with E-state index in [2.05, 4.69) is 64.2 Å². The normalized spacial score (nSPS) is 13.8. The summed E-state index contributed by atoms with van der Waals surface area (Å²) in [6.45, 7) is 12.0.